The van der Waals surface area contributed by atoms with E-state index in [-0.39, 0.29) is 23.4 Å². The summed E-state index contributed by atoms with van der Waals surface area (Å²) >= 11 is 0. The van der Waals surface area contributed by atoms with Crippen LogP contribution in [0.5, 0.6) is 0 Å². The highest BCUT2D eigenvalue weighted by molar-refractivity contribution is 5.63. The van der Waals surface area contributed by atoms with Gasteiger partial charge in [0.2, 0.25) is 5.95 Å². The molecule has 1 aromatic carbocycles. The lowest BCUT2D eigenvalue weighted by Gasteiger charge is -2.19. The molecule has 0 bridgehead atoms. The predicted molar refractivity (Wildman–Crippen MR) is 100.0 cm³/mol. The molecule has 0 radical (unpaired) electrons. The average molecular weight is 380 g/mol. The molecule has 2 heterocycles. The molecule has 0 spiro atoms. The van der Waals surface area contributed by atoms with Crippen LogP contribution in [0.3, 0.4) is 0 Å². The number of hydrogen-bond acceptors (Lipinski definition) is 6. The highest BCUT2D eigenvalue weighted by atomic mass is 19.4. The minimum atomic E-state index is -4.52. The van der Waals surface area contributed by atoms with Crippen molar-refractivity contribution in [2.45, 2.75) is 38.4 Å². The van der Waals surface area contributed by atoms with Crippen molar-refractivity contribution in [3.8, 4) is 0 Å². The van der Waals surface area contributed by atoms with Gasteiger partial charge in [-0.15, -0.1) is 0 Å². The number of aromatic nitrogens is 2. The number of benzene rings is 1. The maximum Gasteiger partial charge on any atom is 0.418 e. The van der Waals surface area contributed by atoms with Crippen molar-refractivity contribution < 1.29 is 13.2 Å². The smallest absolute Gasteiger partial charge is 0.398 e. The van der Waals surface area contributed by atoms with Gasteiger partial charge in [-0.3, -0.25) is 0 Å². The predicted octanol–water partition coefficient (Wildman–Crippen LogP) is 3.31. The fourth-order valence-corrected chi connectivity index (χ4v) is 3.09. The molecule has 0 saturated carbocycles. The van der Waals surface area contributed by atoms with Gasteiger partial charge < -0.3 is 21.7 Å². The van der Waals surface area contributed by atoms with Gasteiger partial charge in [0.1, 0.15) is 5.82 Å². The first-order valence-corrected chi connectivity index (χ1v) is 8.88. The van der Waals surface area contributed by atoms with Crippen molar-refractivity contribution in [1.29, 1.82) is 0 Å². The summed E-state index contributed by atoms with van der Waals surface area (Å²) in [5, 5.41) is 2.88. The van der Waals surface area contributed by atoms with Crippen molar-refractivity contribution in [2.24, 2.45) is 5.73 Å². The summed E-state index contributed by atoms with van der Waals surface area (Å²) in [5.41, 5.74) is 11.3. The third-order valence-corrected chi connectivity index (χ3v) is 4.44. The van der Waals surface area contributed by atoms with Crippen LogP contribution in [0.15, 0.2) is 24.3 Å². The fraction of sp³-hybridized carbons (Fsp3) is 0.444. The van der Waals surface area contributed by atoms with E-state index in [0.29, 0.717) is 6.54 Å². The van der Waals surface area contributed by atoms with Crippen LogP contribution < -0.4 is 21.7 Å². The first-order valence-electron chi connectivity index (χ1n) is 8.88. The zero-order valence-electron chi connectivity index (χ0n) is 15.1. The van der Waals surface area contributed by atoms with Crippen molar-refractivity contribution in [1.82, 2.24) is 9.97 Å². The second-order valence-corrected chi connectivity index (χ2v) is 6.71. The lowest BCUT2D eigenvalue weighted by atomic mass is 10.1. The van der Waals surface area contributed by atoms with Gasteiger partial charge in [-0.1, -0.05) is 13.3 Å². The van der Waals surface area contributed by atoms with Gasteiger partial charge >= 0.3 is 6.18 Å². The summed E-state index contributed by atoms with van der Waals surface area (Å²) in [4.78, 5) is 11.0. The molecular formula is C18H23F3N6. The summed E-state index contributed by atoms with van der Waals surface area (Å²) in [6, 6.07) is 5.68. The third-order valence-electron chi connectivity index (χ3n) is 4.44. The number of alkyl halides is 3. The molecule has 3 rings (SSSR count). The molecule has 9 heteroatoms. The van der Waals surface area contributed by atoms with Gasteiger partial charge in [0, 0.05) is 42.3 Å². The summed E-state index contributed by atoms with van der Waals surface area (Å²) in [5.74, 6) is 0.990. The van der Waals surface area contributed by atoms with Gasteiger partial charge in [-0.25, -0.2) is 4.98 Å². The SMILES string of the molecule is CCCc1cc(N2CCC(N)C2)nc(Nc2ccc(N)c(C(F)(F)F)c2)n1. The summed E-state index contributed by atoms with van der Waals surface area (Å²) in [7, 11) is 0. The maximum atomic E-state index is 13.1. The van der Waals surface area contributed by atoms with Crippen LogP contribution in [0.4, 0.5) is 36.3 Å². The van der Waals surface area contributed by atoms with E-state index < -0.39 is 11.7 Å². The Balaban J connectivity index is 1.91. The number of hydrogen-bond donors (Lipinski definition) is 3. The normalized spacial score (nSPS) is 17.4. The molecule has 1 aliphatic heterocycles. The molecule has 1 aromatic heterocycles. The number of anilines is 4. The monoisotopic (exact) mass is 380 g/mol. The Morgan fingerprint density at radius 1 is 1.26 bits per heavy atom. The van der Waals surface area contributed by atoms with Crippen LogP contribution in [-0.4, -0.2) is 29.1 Å². The molecule has 146 valence electrons. The first-order chi connectivity index (χ1) is 12.8. The Morgan fingerprint density at radius 3 is 2.67 bits per heavy atom. The van der Waals surface area contributed by atoms with Crippen molar-refractivity contribution in [2.75, 3.05) is 29.0 Å². The van der Waals surface area contributed by atoms with E-state index in [0.717, 1.165) is 43.4 Å². The maximum absolute atomic E-state index is 13.1. The van der Waals surface area contributed by atoms with Crippen LogP contribution >= 0.6 is 0 Å². The molecule has 5 N–H and O–H groups in total. The Bertz CT molecular complexity index is 808. The minimum absolute atomic E-state index is 0.0949. The van der Waals surface area contributed by atoms with E-state index in [1.807, 2.05) is 13.0 Å². The van der Waals surface area contributed by atoms with Gasteiger partial charge in [-0.2, -0.15) is 18.2 Å². The topological polar surface area (TPSA) is 93.1 Å². The Morgan fingerprint density at radius 2 is 2.04 bits per heavy atom. The van der Waals surface area contributed by atoms with E-state index in [1.54, 1.807) is 0 Å². The molecule has 1 aliphatic rings. The summed E-state index contributed by atoms with van der Waals surface area (Å²) < 4.78 is 39.2. The van der Waals surface area contributed by atoms with Gasteiger partial charge in [-0.05, 0) is 31.0 Å². The number of aryl methyl sites for hydroxylation is 1. The number of nitrogens with zero attached hydrogens (tertiary/aromatic N) is 3. The van der Waals surface area contributed by atoms with Crippen LogP contribution in [0, 0.1) is 0 Å². The minimum Gasteiger partial charge on any atom is -0.398 e. The summed E-state index contributed by atoms with van der Waals surface area (Å²) in [6.45, 7) is 3.53. The van der Waals surface area contributed by atoms with Crippen LogP contribution in [0.25, 0.3) is 0 Å². The second-order valence-electron chi connectivity index (χ2n) is 6.71. The van der Waals surface area contributed by atoms with Crippen molar-refractivity contribution >= 4 is 23.1 Å². The van der Waals surface area contributed by atoms with E-state index in [9.17, 15) is 13.2 Å². The molecule has 1 saturated heterocycles. The quantitative estimate of drug-likeness (QED) is 0.689. The zero-order valence-corrected chi connectivity index (χ0v) is 15.1. The number of nitrogens with one attached hydrogen (secondary N) is 1. The second kappa shape index (κ2) is 7.59. The lowest BCUT2D eigenvalue weighted by Crippen LogP contribution is -2.27. The lowest BCUT2D eigenvalue weighted by molar-refractivity contribution is -0.136. The van der Waals surface area contributed by atoms with Crippen LogP contribution in [-0.2, 0) is 12.6 Å². The van der Waals surface area contributed by atoms with Crippen LogP contribution in [0.1, 0.15) is 31.0 Å². The molecule has 1 unspecified atom stereocenters. The van der Waals surface area contributed by atoms with E-state index in [4.69, 9.17) is 11.5 Å². The van der Waals surface area contributed by atoms with Crippen molar-refractivity contribution in [3.63, 3.8) is 0 Å². The average Bonchev–Trinajstić information content (AvgIpc) is 3.02. The van der Waals surface area contributed by atoms with Gasteiger partial charge in [0.25, 0.3) is 0 Å². The molecule has 1 fully saturated rings. The summed E-state index contributed by atoms with van der Waals surface area (Å²) in [6.07, 6.45) is -2.00. The standard InChI is InChI=1S/C18H23F3N6/c1-2-3-12-9-16(27-7-6-11(22)10-27)26-17(24-12)25-13-4-5-15(23)14(8-13)18(19,20)21/h4-5,8-9,11H,2-3,6-7,10,22-23H2,1H3,(H,24,25,26). The molecular weight excluding hydrogens is 357 g/mol. The first kappa shape index (κ1) is 19.2. The number of nitrogens with two attached hydrogens (primary N) is 2. The fourth-order valence-electron chi connectivity index (χ4n) is 3.09. The highest BCUT2D eigenvalue weighted by Gasteiger charge is 2.33. The number of nitrogen functional groups attached to an aromatic ring is 1. The zero-order chi connectivity index (χ0) is 19.6. The van der Waals surface area contributed by atoms with Gasteiger partial charge in [0.15, 0.2) is 0 Å². The Labute approximate surface area is 155 Å². The van der Waals surface area contributed by atoms with Crippen LogP contribution in [0.2, 0.25) is 0 Å². The van der Waals surface area contributed by atoms with Gasteiger partial charge in [0.05, 0.1) is 5.56 Å². The third kappa shape index (κ3) is 4.60. The molecule has 0 aliphatic carbocycles. The van der Waals surface area contributed by atoms with E-state index >= 15 is 0 Å². The van der Waals surface area contributed by atoms with Crippen molar-refractivity contribution in [3.05, 3.63) is 35.5 Å². The molecule has 27 heavy (non-hydrogen) atoms. The molecule has 2 aromatic rings. The number of halogens is 3. The molecule has 1 atom stereocenters. The van der Waals surface area contributed by atoms with E-state index in [1.165, 1.54) is 12.1 Å². The largest absolute Gasteiger partial charge is 0.418 e. The highest BCUT2D eigenvalue weighted by Crippen LogP contribution is 2.35. The molecule has 0 amide bonds. The number of rotatable bonds is 5. The van der Waals surface area contributed by atoms with E-state index in [2.05, 4.69) is 20.2 Å². The Kier molecular flexibility index (Phi) is 5.41. The molecule has 6 nitrogen and oxygen atoms in total. The Hall–Kier alpha value is -2.55.